The van der Waals surface area contributed by atoms with Gasteiger partial charge in [0.15, 0.2) is 0 Å². The molecule has 0 bridgehead atoms. The molecule has 0 unspecified atom stereocenters. The molecule has 0 saturated heterocycles. The molecular weight excluding hydrogens is 288 g/mol. The smallest absolute Gasteiger partial charge is 0.0225 e. The summed E-state index contributed by atoms with van der Waals surface area (Å²) in [6, 6.07) is 8.80. The Kier molecular flexibility index (Phi) is 8.82. The molecule has 1 aromatic rings. The molecule has 132 valence electrons. The molecular formula is C24H36. The minimum Gasteiger partial charge on any atom is -0.0988 e. The fourth-order valence-corrected chi connectivity index (χ4v) is 3.46. The minimum atomic E-state index is 0.454. The van der Waals surface area contributed by atoms with Crippen molar-refractivity contribution in [3.8, 4) is 0 Å². The SMILES string of the molecule is C=CC1=C(C=C)CC(C)(C)CC1.CC.c1ccc2c(c1)CCCC2. The second kappa shape index (κ2) is 10.3. The average Bonchev–Trinajstić information content (AvgIpc) is 2.63. The number of rotatable bonds is 2. The number of allylic oxidation sites excluding steroid dienone is 4. The fourth-order valence-electron chi connectivity index (χ4n) is 3.46. The zero-order chi connectivity index (χ0) is 18.0. The Balaban J connectivity index is 0.000000220. The van der Waals surface area contributed by atoms with Gasteiger partial charge in [0.25, 0.3) is 0 Å². The van der Waals surface area contributed by atoms with Crippen LogP contribution in [0.25, 0.3) is 0 Å². The monoisotopic (exact) mass is 324 g/mol. The van der Waals surface area contributed by atoms with E-state index in [9.17, 15) is 0 Å². The number of fused-ring (bicyclic) bond motifs is 1. The number of hydrogen-bond donors (Lipinski definition) is 0. The highest BCUT2D eigenvalue weighted by atomic mass is 14.3. The molecule has 0 heteroatoms. The molecule has 0 aliphatic heterocycles. The summed E-state index contributed by atoms with van der Waals surface area (Å²) in [7, 11) is 0. The summed E-state index contributed by atoms with van der Waals surface area (Å²) in [5.74, 6) is 0. The summed E-state index contributed by atoms with van der Waals surface area (Å²) in [6.45, 7) is 16.3. The van der Waals surface area contributed by atoms with E-state index in [0.29, 0.717) is 5.41 Å². The lowest BCUT2D eigenvalue weighted by molar-refractivity contribution is 0.319. The van der Waals surface area contributed by atoms with Crippen molar-refractivity contribution in [3.05, 3.63) is 71.8 Å². The lowest BCUT2D eigenvalue weighted by Gasteiger charge is -2.31. The predicted molar refractivity (Wildman–Crippen MR) is 109 cm³/mol. The first-order chi connectivity index (χ1) is 11.6. The van der Waals surface area contributed by atoms with E-state index in [1.807, 2.05) is 26.0 Å². The van der Waals surface area contributed by atoms with Crippen LogP contribution in [0.3, 0.4) is 0 Å². The first kappa shape index (κ1) is 20.5. The Hall–Kier alpha value is -1.56. The highest BCUT2D eigenvalue weighted by Crippen LogP contribution is 2.39. The van der Waals surface area contributed by atoms with Crippen LogP contribution in [-0.4, -0.2) is 0 Å². The maximum Gasteiger partial charge on any atom is -0.0225 e. The van der Waals surface area contributed by atoms with Gasteiger partial charge in [0.2, 0.25) is 0 Å². The van der Waals surface area contributed by atoms with Gasteiger partial charge in [-0.1, -0.05) is 77.3 Å². The van der Waals surface area contributed by atoms with Gasteiger partial charge in [0.1, 0.15) is 0 Å². The number of hydrogen-bond acceptors (Lipinski definition) is 0. The van der Waals surface area contributed by atoms with Crippen molar-refractivity contribution in [3.63, 3.8) is 0 Å². The highest BCUT2D eigenvalue weighted by molar-refractivity contribution is 5.34. The third-order valence-electron chi connectivity index (χ3n) is 4.91. The van der Waals surface area contributed by atoms with Crippen molar-refractivity contribution >= 4 is 0 Å². The van der Waals surface area contributed by atoms with Crippen LogP contribution in [-0.2, 0) is 12.8 Å². The third-order valence-corrected chi connectivity index (χ3v) is 4.91. The summed E-state index contributed by atoms with van der Waals surface area (Å²) in [5.41, 5.74) is 6.39. The van der Waals surface area contributed by atoms with Gasteiger partial charge in [-0.3, -0.25) is 0 Å². The van der Waals surface area contributed by atoms with Crippen molar-refractivity contribution in [1.29, 1.82) is 0 Å². The van der Waals surface area contributed by atoms with Crippen LogP contribution >= 0.6 is 0 Å². The van der Waals surface area contributed by atoms with Gasteiger partial charge in [0, 0.05) is 0 Å². The van der Waals surface area contributed by atoms with Crippen LogP contribution in [0.2, 0.25) is 0 Å². The standard InChI is InChI=1S/C12H18.C10H12.C2H6/c1-5-10-7-8-12(3,4)9-11(10)6-2;1-2-6-10-8-4-3-7-9(10)5-1;1-2/h5-6H,1-2,7-9H2,3-4H3;1-2,5-6H,3-4,7-8H2;1-2H3. The van der Waals surface area contributed by atoms with Gasteiger partial charge in [-0.05, 0) is 72.6 Å². The Morgan fingerprint density at radius 3 is 1.79 bits per heavy atom. The summed E-state index contributed by atoms with van der Waals surface area (Å²) in [5, 5.41) is 0. The molecule has 0 N–H and O–H groups in total. The normalized spacial score (nSPS) is 18.2. The molecule has 0 nitrogen and oxygen atoms in total. The number of benzene rings is 1. The van der Waals surface area contributed by atoms with E-state index in [1.165, 1.54) is 43.3 Å². The molecule has 24 heavy (non-hydrogen) atoms. The Morgan fingerprint density at radius 2 is 1.33 bits per heavy atom. The molecule has 0 fully saturated rings. The average molecular weight is 325 g/mol. The van der Waals surface area contributed by atoms with Gasteiger partial charge < -0.3 is 0 Å². The van der Waals surface area contributed by atoms with E-state index in [2.05, 4.69) is 51.3 Å². The summed E-state index contributed by atoms with van der Waals surface area (Å²) < 4.78 is 0. The van der Waals surface area contributed by atoms with Gasteiger partial charge in [-0.2, -0.15) is 0 Å². The van der Waals surface area contributed by atoms with E-state index in [1.54, 1.807) is 11.1 Å². The van der Waals surface area contributed by atoms with Crippen molar-refractivity contribution in [2.75, 3.05) is 0 Å². The molecule has 0 amide bonds. The maximum absolute atomic E-state index is 3.84. The molecule has 1 aromatic carbocycles. The van der Waals surface area contributed by atoms with E-state index in [0.717, 1.165) is 12.8 Å². The molecule has 0 heterocycles. The van der Waals surface area contributed by atoms with Gasteiger partial charge in [-0.15, -0.1) is 0 Å². The quantitative estimate of drug-likeness (QED) is 0.529. The van der Waals surface area contributed by atoms with Crippen LogP contribution in [0.1, 0.15) is 70.9 Å². The van der Waals surface area contributed by atoms with E-state index < -0.39 is 0 Å². The van der Waals surface area contributed by atoms with Crippen molar-refractivity contribution in [2.24, 2.45) is 5.41 Å². The Labute approximate surface area is 150 Å². The van der Waals surface area contributed by atoms with Crippen LogP contribution < -0.4 is 0 Å². The minimum absolute atomic E-state index is 0.454. The second-order valence-corrected chi connectivity index (χ2v) is 7.28. The fraction of sp³-hybridized carbons (Fsp3) is 0.500. The lowest BCUT2D eigenvalue weighted by Crippen LogP contribution is -2.17. The van der Waals surface area contributed by atoms with Crippen molar-refractivity contribution in [2.45, 2.75) is 72.6 Å². The number of aryl methyl sites for hydroxylation is 2. The third kappa shape index (κ3) is 6.15. The maximum atomic E-state index is 3.84. The summed E-state index contributed by atoms with van der Waals surface area (Å²) in [6.07, 6.45) is 12.9. The van der Waals surface area contributed by atoms with Crippen LogP contribution in [0.15, 0.2) is 60.7 Å². The predicted octanol–water partition coefficient (Wildman–Crippen LogP) is 7.46. The molecule has 3 rings (SSSR count). The van der Waals surface area contributed by atoms with Crippen LogP contribution in [0, 0.1) is 5.41 Å². The molecule has 2 aliphatic carbocycles. The highest BCUT2D eigenvalue weighted by Gasteiger charge is 2.24. The van der Waals surface area contributed by atoms with Crippen LogP contribution in [0.4, 0.5) is 0 Å². The molecule has 0 saturated carbocycles. The molecule has 0 radical (unpaired) electrons. The van der Waals surface area contributed by atoms with Gasteiger partial charge in [0.05, 0.1) is 0 Å². The summed E-state index contributed by atoms with van der Waals surface area (Å²) in [4.78, 5) is 0. The first-order valence-electron chi connectivity index (χ1n) is 9.59. The van der Waals surface area contributed by atoms with E-state index in [-0.39, 0.29) is 0 Å². The Bertz CT molecular complexity index is 532. The first-order valence-corrected chi connectivity index (χ1v) is 9.59. The molecule has 0 atom stereocenters. The Morgan fingerprint density at radius 1 is 0.833 bits per heavy atom. The van der Waals surface area contributed by atoms with Gasteiger partial charge in [-0.25, -0.2) is 0 Å². The van der Waals surface area contributed by atoms with Crippen LogP contribution in [0.5, 0.6) is 0 Å². The topological polar surface area (TPSA) is 0 Å². The summed E-state index contributed by atoms with van der Waals surface area (Å²) >= 11 is 0. The molecule has 0 spiro atoms. The van der Waals surface area contributed by atoms with Crippen molar-refractivity contribution < 1.29 is 0 Å². The largest absolute Gasteiger partial charge is 0.0988 e. The van der Waals surface area contributed by atoms with Crippen molar-refractivity contribution in [1.82, 2.24) is 0 Å². The second-order valence-electron chi connectivity index (χ2n) is 7.28. The zero-order valence-corrected chi connectivity index (χ0v) is 16.3. The van der Waals surface area contributed by atoms with E-state index >= 15 is 0 Å². The zero-order valence-electron chi connectivity index (χ0n) is 16.3. The van der Waals surface area contributed by atoms with Gasteiger partial charge >= 0.3 is 0 Å². The molecule has 2 aliphatic rings. The lowest BCUT2D eigenvalue weighted by atomic mass is 9.74. The van der Waals surface area contributed by atoms with E-state index in [4.69, 9.17) is 0 Å². The molecule has 0 aromatic heterocycles.